The van der Waals surface area contributed by atoms with Crippen molar-refractivity contribution in [2.45, 2.75) is 12.8 Å². The molecule has 0 N–H and O–H groups in total. The number of rotatable bonds is 3. The molecule has 0 unspecified atom stereocenters. The molecule has 2 heteroatoms. The summed E-state index contributed by atoms with van der Waals surface area (Å²) in [6.45, 7) is 0. The average Bonchev–Trinajstić information content (AvgIpc) is 2.90. The van der Waals surface area contributed by atoms with Crippen LogP contribution in [-0.2, 0) is 23.5 Å². The first-order chi connectivity index (χ1) is 6.93. The van der Waals surface area contributed by atoms with Gasteiger partial charge in [0.1, 0.15) is 0 Å². The van der Waals surface area contributed by atoms with Crippen molar-refractivity contribution < 1.29 is 17.1 Å². The molecule has 0 radical (unpaired) electrons. The fourth-order valence-corrected chi connectivity index (χ4v) is 1.34. The minimum absolute atomic E-state index is 0. The summed E-state index contributed by atoms with van der Waals surface area (Å²) in [4.78, 5) is 0. The molecule has 0 spiro atoms. The van der Waals surface area contributed by atoms with Crippen LogP contribution in [0.5, 0.6) is 0 Å². The Labute approximate surface area is 108 Å². The molecule has 0 saturated heterocycles. The van der Waals surface area contributed by atoms with Gasteiger partial charge in [0.2, 0.25) is 0 Å². The van der Waals surface area contributed by atoms with E-state index in [-0.39, 0.29) is 17.1 Å². The van der Waals surface area contributed by atoms with Gasteiger partial charge in [0.25, 0.3) is 0 Å². The zero-order valence-corrected chi connectivity index (χ0v) is 10.6. The van der Waals surface area contributed by atoms with Crippen LogP contribution in [0.15, 0.2) is 54.6 Å². The van der Waals surface area contributed by atoms with Gasteiger partial charge in [-0.1, -0.05) is 6.42 Å². The van der Waals surface area contributed by atoms with Crippen molar-refractivity contribution in [2.75, 3.05) is 5.75 Å². The molecular weight excluding hydrogens is 244 g/mol. The second kappa shape index (κ2) is 10.1. The Hall–Kier alpha value is -0.431. The third-order valence-corrected chi connectivity index (χ3v) is 2.23. The Morgan fingerprint density at radius 3 is 2.20 bits per heavy atom. The third kappa shape index (κ3) is 7.49. The minimum atomic E-state index is 0. The molecule has 0 aromatic heterocycles. The van der Waals surface area contributed by atoms with E-state index in [1.165, 1.54) is 18.4 Å². The van der Waals surface area contributed by atoms with E-state index >= 15 is 0 Å². The molecule has 15 heavy (non-hydrogen) atoms. The SMILES string of the molecule is SCCCc1ccc[cH-]1.[Fe+2].c1cc[cH-]c1. The summed E-state index contributed by atoms with van der Waals surface area (Å²) >= 11 is 4.13. The van der Waals surface area contributed by atoms with Gasteiger partial charge in [0.05, 0.1) is 0 Å². The predicted octanol–water partition coefficient (Wildman–Crippen LogP) is 3.67. The van der Waals surface area contributed by atoms with Crippen molar-refractivity contribution in [1.29, 1.82) is 0 Å². The van der Waals surface area contributed by atoms with E-state index in [2.05, 4.69) is 36.9 Å². The molecule has 0 aliphatic heterocycles. The number of hydrogen-bond donors (Lipinski definition) is 1. The largest absolute Gasteiger partial charge is 2.00 e. The van der Waals surface area contributed by atoms with Crippen molar-refractivity contribution in [1.82, 2.24) is 0 Å². The molecule has 0 saturated carbocycles. The van der Waals surface area contributed by atoms with Crippen molar-refractivity contribution in [3.8, 4) is 0 Å². The molecular formula is C13H16FeS. The molecule has 82 valence electrons. The van der Waals surface area contributed by atoms with Crippen molar-refractivity contribution >= 4 is 12.6 Å². The van der Waals surface area contributed by atoms with Crippen LogP contribution < -0.4 is 0 Å². The molecule has 0 aliphatic carbocycles. The Morgan fingerprint density at radius 2 is 1.80 bits per heavy atom. The summed E-state index contributed by atoms with van der Waals surface area (Å²) in [7, 11) is 0. The van der Waals surface area contributed by atoms with Crippen molar-refractivity contribution in [3.63, 3.8) is 0 Å². The van der Waals surface area contributed by atoms with Crippen LogP contribution in [0.4, 0.5) is 0 Å². The zero-order valence-electron chi connectivity index (χ0n) is 8.62. The molecule has 0 nitrogen and oxygen atoms in total. The molecule has 2 rings (SSSR count). The number of hydrogen-bond acceptors (Lipinski definition) is 1. The number of thiol groups is 1. The van der Waals surface area contributed by atoms with Gasteiger partial charge in [-0.3, -0.25) is 0 Å². The van der Waals surface area contributed by atoms with Gasteiger partial charge in [-0.15, -0.1) is 0 Å². The second-order valence-electron chi connectivity index (χ2n) is 3.08. The maximum Gasteiger partial charge on any atom is 2.00 e. The average molecular weight is 260 g/mol. The number of aryl methyl sites for hydroxylation is 1. The maximum atomic E-state index is 4.13. The van der Waals surface area contributed by atoms with Crippen LogP contribution in [0.1, 0.15) is 12.0 Å². The second-order valence-corrected chi connectivity index (χ2v) is 3.53. The Balaban J connectivity index is 0.000000280. The quantitative estimate of drug-likeness (QED) is 0.486. The normalized spacial score (nSPS) is 8.60. The van der Waals surface area contributed by atoms with Gasteiger partial charge >= 0.3 is 17.1 Å². The molecule has 2 aromatic rings. The molecule has 0 aliphatic rings. The summed E-state index contributed by atoms with van der Waals surface area (Å²) in [5, 5.41) is 0. The van der Waals surface area contributed by atoms with Gasteiger partial charge < -0.3 is 0 Å². The molecule has 0 heterocycles. The van der Waals surface area contributed by atoms with Crippen LogP contribution >= 0.6 is 12.6 Å². The topological polar surface area (TPSA) is 0 Å². The van der Waals surface area contributed by atoms with Crippen LogP contribution in [0, 0.1) is 0 Å². The van der Waals surface area contributed by atoms with E-state index in [0.717, 1.165) is 5.75 Å². The molecule has 0 fully saturated rings. The van der Waals surface area contributed by atoms with Gasteiger partial charge in [-0.05, 0) is 12.2 Å². The van der Waals surface area contributed by atoms with E-state index < -0.39 is 0 Å². The smallest absolute Gasteiger partial charge is 0.214 e. The maximum absolute atomic E-state index is 4.13. The Kier molecular flexibility index (Phi) is 9.81. The summed E-state index contributed by atoms with van der Waals surface area (Å²) in [5.74, 6) is 0.991. The van der Waals surface area contributed by atoms with E-state index in [9.17, 15) is 0 Å². The van der Waals surface area contributed by atoms with E-state index in [1.807, 2.05) is 30.3 Å². The van der Waals surface area contributed by atoms with Crippen LogP contribution in [-0.4, -0.2) is 5.75 Å². The van der Waals surface area contributed by atoms with E-state index in [0.29, 0.717) is 0 Å². The van der Waals surface area contributed by atoms with Gasteiger partial charge in [0.15, 0.2) is 0 Å². The van der Waals surface area contributed by atoms with Gasteiger partial charge in [-0.2, -0.15) is 48.5 Å². The summed E-state index contributed by atoms with van der Waals surface area (Å²) in [6, 6.07) is 18.5. The minimum Gasteiger partial charge on any atom is -0.214 e. The van der Waals surface area contributed by atoms with Crippen LogP contribution in [0.3, 0.4) is 0 Å². The van der Waals surface area contributed by atoms with Crippen LogP contribution in [0.2, 0.25) is 0 Å². The molecule has 0 amide bonds. The van der Waals surface area contributed by atoms with Gasteiger partial charge in [0, 0.05) is 0 Å². The summed E-state index contributed by atoms with van der Waals surface area (Å²) in [5.41, 5.74) is 1.43. The van der Waals surface area contributed by atoms with Crippen LogP contribution in [0.25, 0.3) is 0 Å². The summed E-state index contributed by atoms with van der Waals surface area (Å²) < 4.78 is 0. The molecule has 0 bridgehead atoms. The first-order valence-corrected chi connectivity index (χ1v) is 5.55. The van der Waals surface area contributed by atoms with E-state index in [4.69, 9.17) is 0 Å². The van der Waals surface area contributed by atoms with Crippen molar-refractivity contribution in [3.05, 3.63) is 60.2 Å². The van der Waals surface area contributed by atoms with E-state index in [1.54, 1.807) is 0 Å². The predicted molar refractivity (Wildman–Crippen MR) is 66.2 cm³/mol. The Morgan fingerprint density at radius 1 is 1.07 bits per heavy atom. The molecule has 2 aromatic carbocycles. The standard InChI is InChI=1S/C8H11S.C5H5.Fe/c9-7-3-6-8-4-1-2-5-8;1-2-4-5-3-1;/h1-2,4-5,9H,3,6-7H2;1-5H;/q2*-1;+2. The monoisotopic (exact) mass is 260 g/mol. The summed E-state index contributed by atoms with van der Waals surface area (Å²) in [6.07, 6.45) is 2.36. The van der Waals surface area contributed by atoms with Gasteiger partial charge in [-0.25, -0.2) is 24.3 Å². The first-order valence-electron chi connectivity index (χ1n) is 4.91. The Bertz CT molecular complexity index is 267. The fraction of sp³-hybridized carbons (Fsp3) is 0.231. The first kappa shape index (κ1) is 14.6. The van der Waals surface area contributed by atoms with Crippen molar-refractivity contribution in [2.24, 2.45) is 0 Å². The molecule has 0 atom stereocenters. The third-order valence-electron chi connectivity index (χ3n) is 1.91. The zero-order chi connectivity index (χ0) is 10.1. The fourth-order valence-electron chi connectivity index (χ4n) is 1.18.